The molecule has 0 radical (unpaired) electrons. The van der Waals surface area contributed by atoms with Crippen LogP contribution in [0.1, 0.15) is 141 Å². The van der Waals surface area contributed by atoms with Crippen molar-refractivity contribution in [2.24, 2.45) is 11.8 Å². The number of carbonyl (C=O) groups is 9. The largest absolute Gasteiger partial charge is 0.463 e. The second kappa shape index (κ2) is 73.2. The van der Waals surface area contributed by atoms with E-state index in [2.05, 4.69) is 67.1 Å². The summed E-state index contributed by atoms with van der Waals surface area (Å²) < 4.78 is 40.7. The number of methoxy groups -OCH3 is 7. The van der Waals surface area contributed by atoms with E-state index in [1.54, 1.807) is 48.5 Å². The molecule has 490 valence electrons. The van der Waals surface area contributed by atoms with Gasteiger partial charge in [0.15, 0.2) is 0 Å². The number of esters is 9. The maximum Gasteiger partial charge on any atom is 0.390 e. The predicted molar refractivity (Wildman–Crippen MR) is 292 cm³/mol. The SMILES string of the molecule is [C-]#[N+][C@@H](C)C(=O)OC.[C-]#[N+][C@@H](CC(=O)OC(C)(C)C)C(=O)OC.[C-]#[N+][C@@H](CC(C)C)C(=O)OC.[C-]#[N+][C@@H](CC)C(=O)OC.[C-]#[N+][C@@H](CCC(=O)OC(C)(C)C)C(=O)OC.[C-]#[N+][C@@H](CCCC)C(=O)OC.[C-]#[N+][C@H](C(=O)OC)C(C)C.[W].[W].[W].[W].[W].[W].[W]. The van der Waals surface area contributed by atoms with Crippen LogP contribution in [0.15, 0.2) is 0 Å². The van der Waals surface area contributed by atoms with E-state index < -0.39 is 107 Å². The maximum absolute atomic E-state index is 11.3. The van der Waals surface area contributed by atoms with E-state index in [1.165, 1.54) is 56.7 Å². The van der Waals surface area contributed by atoms with Gasteiger partial charge in [-0.1, -0.05) is 48.0 Å². The molecule has 7 atom stereocenters. The molecule has 0 aromatic carbocycles. The van der Waals surface area contributed by atoms with E-state index in [0.29, 0.717) is 25.2 Å². The van der Waals surface area contributed by atoms with E-state index >= 15 is 0 Å². The van der Waals surface area contributed by atoms with Gasteiger partial charge < -0.3 is 76.5 Å². The van der Waals surface area contributed by atoms with Gasteiger partial charge in [-0.05, 0) is 53.9 Å². The van der Waals surface area contributed by atoms with Crippen molar-refractivity contribution in [2.75, 3.05) is 49.8 Å². The van der Waals surface area contributed by atoms with Gasteiger partial charge in [0, 0.05) is 186 Å². The summed E-state index contributed by atoms with van der Waals surface area (Å²) >= 11 is 0. The first-order valence-electron chi connectivity index (χ1n) is 24.6. The summed E-state index contributed by atoms with van der Waals surface area (Å²) in [5.74, 6) is -4.11. The van der Waals surface area contributed by atoms with Gasteiger partial charge in [-0.25, -0.2) is 79.6 Å². The van der Waals surface area contributed by atoms with Crippen LogP contribution in [-0.4, -0.2) is 157 Å². The van der Waals surface area contributed by atoms with Crippen LogP contribution in [0.4, 0.5) is 0 Å². The number of ether oxygens (including phenoxy) is 9. The third kappa shape index (κ3) is 73.1. The van der Waals surface area contributed by atoms with Crippen molar-refractivity contribution in [1.82, 2.24) is 0 Å². The molecule has 0 saturated heterocycles. The molecule has 0 aliphatic rings. The Kier molecular flexibility index (Phi) is 99.0. The zero-order valence-corrected chi connectivity index (χ0v) is 73.7. The average Bonchev–Trinajstić information content (AvgIpc) is 3.41. The molecule has 32 heteroatoms. The van der Waals surface area contributed by atoms with Gasteiger partial charge >= 0.3 is 96.0 Å². The van der Waals surface area contributed by atoms with Gasteiger partial charge in [-0.2, -0.15) is 0 Å². The zero-order valence-electron chi connectivity index (χ0n) is 53.2. The van der Waals surface area contributed by atoms with Gasteiger partial charge in [-0.15, -0.1) is 0 Å². The quantitative estimate of drug-likeness (QED) is 0.0668. The van der Waals surface area contributed by atoms with Crippen LogP contribution >= 0.6 is 0 Å². The molecule has 0 aliphatic heterocycles. The van der Waals surface area contributed by atoms with Crippen molar-refractivity contribution in [1.29, 1.82) is 0 Å². The summed E-state index contributed by atoms with van der Waals surface area (Å²) in [5, 5.41) is 0. The molecule has 0 rings (SSSR count). The number of carbonyl (C=O) groups excluding carboxylic acids is 9. The van der Waals surface area contributed by atoms with Crippen molar-refractivity contribution in [3.8, 4) is 0 Å². The number of hydrogen-bond acceptors (Lipinski definition) is 18. The normalized spacial score (nSPS) is 11.2. The summed E-state index contributed by atoms with van der Waals surface area (Å²) in [6.07, 6.45) is 3.53. The number of hydrogen-bond donors (Lipinski definition) is 0. The van der Waals surface area contributed by atoms with Crippen molar-refractivity contribution >= 4 is 53.7 Å². The Morgan fingerprint density at radius 2 is 0.701 bits per heavy atom. The standard InChI is InChI=1S/C11H17NO4.C10H15NO4.2C8H13NO2.C7H11NO2.C6H9NO2.C5H7NO2.7W/c1-11(2,3)16-9(13)7-6-8(12-4)10(14)15-5;1-10(2,3)15-8(12)6-7(11-4)9(13)14-5;1-6(2)5-7(9-3)8(10)11-4;1-4-5-6-7(9-2)8(10)11-3;1-5(2)6(8-3)7(9)10-4;1-4-5(7-2)6(8)9-3;1-4(6-2)5(7)8-3;;;;;;;/h8H,6-7H2,1-3,5H3;7H,6H2,1-3,5H3;6-7H,5H2,1-2,4H3;7H,4-6H2,1,3H3;5-6H,1-2,4H3;5H,4H2,1,3H3;4H,1,3H3;;;;;;;/t8-;3*7-;6-;5-;4-;;;;;;;/m0000000......./s1. The van der Waals surface area contributed by atoms with Crippen LogP contribution in [0.3, 0.4) is 0 Å². The second-order valence-corrected chi connectivity index (χ2v) is 18.6. The zero-order chi connectivity index (χ0) is 64.4. The molecule has 0 aromatic rings. The van der Waals surface area contributed by atoms with Gasteiger partial charge in [0.25, 0.3) is 0 Å². The van der Waals surface area contributed by atoms with Gasteiger partial charge in [0.05, 0.1) is 56.2 Å². The number of rotatable bonds is 19. The maximum atomic E-state index is 11.3. The topological polar surface area (TPSA) is 267 Å². The minimum atomic E-state index is -1.11. The van der Waals surface area contributed by atoms with Crippen molar-refractivity contribution in [2.45, 2.75) is 195 Å². The third-order valence-electron chi connectivity index (χ3n) is 8.83. The molecular formula is C55H85N7O18W7. The minimum Gasteiger partial charge on any atom is -0.463 e. The van der Waals surface area contributed by atoms with Gasteiger partial charge in [-0.3, -0.25) is 9.59 Å². The molecule has 0 bridgehead atoms. The molecule has 25 nitrogen and oxygen atoms in total. The Bertz CT molecular complexity index is 2210. The van der Waals surface area contributed by atoms with Crippen LogP contribution in [0.2, 0.25) is 0 Å². The van der Waals surface area contributed by atoms with Crippen LogP contribution in [0.5, 0.6) is 0 Å². The summed E-state index contributed by atoms with van der Waals surface area (Å²) in [4.78, 5) is 119. The fraction of sp³-hybridized carbons (Fsp3) is 0.709. The molecule has 0 saturated carbocycles. The predicted octanol–water partition coefficient (Wildman–Crippen LogP) is 8.29. The van der Waals surface area contributed by atoms with Crippen LogP contribution in [0, 0.1) is 57.8 Å². The van der Waals surface area contributed by atoms with Gasteiger partial charge in [0.1, 0.15) is 17.6 Å². The summed E-state index contributed by atoms with van der Waals surface area (Å²) in [6.45, 7) is 69.8. The first-order chi connectivity index (χ1) is 37.1. The monoisotopic (exact) mass is 2420 g/mol. The molecule has 0 spiro atoms. The number of nitrogens with zero attached hydrogens (tertiary/aromatic N) is 7. The van der Waals surface area contributed by atoms with E-state index in [0.717, 1.165) is 12.8 Å². The Morgan fingerprint density at radius 1 is 0.391 bits per heavy atom. The molecule has 0 aromatic heterocycles. The molecule has 0 N–H and O–H groups in total. The second-order valence-electron chi connectivity index (χ2n) is 18.6. The molecule has 0 unspecified atom stereocenters. The molecule has 0 aliphatic carbocycles. The Morgan fingerprint density at radius 3 is 0.931 bits per heavy atom. The summed E-state index contributed by atoms with van der Waals surface area (Å²) in [6, 6.07) is -5.11. The van der Waals surface area contributed by atoms with Crippen LogP contribution in [0.25, 0.3) is 33.9 Å². The summed E-state index contributed by atoms with van der Waals surface area (Å²) in [5.41, 5.74) is -1.16. The average molecular weight is 2420 g/mol. The Labute approximate surface area is 617 Å². The minimum absolute atomic E-state index is 0. The molecular weight excluding hydrogens is 2330 g/mol. The fourth-order valence-electron chi connectivity index (χ4n) is 4.69. The molecule has 0 amide bonds. The van der Waals surface area contributed by atoms with Crippen LogP contribution < -0.4 is 0 Å². The number of unbranched alkanes of at least 4 members (excludes halogenated alkanes) is 1. The van der Waals surface area contributed by atoms with Crippen molar-refractivity contribution in [3.63, 3.8) is 0 Å². The fourth-order valence-corrected chi connectivity index (χ4v) is 4.69. The smallest absolute Gasteiger partial charge is 0.390 e. The van der Waals surface area contributed by atoms with E-state index in [4.69, 9.17) is 55.5 Å². The first kappa shape index (κ1) is 118. The van der Waals surface area contributed by atoms with E-state index in [1.807, 2.05) is 34.6 Å². The van der Waals surface area contributed by atoms with Crippen LogP contribution in [-0.2, 0) is 233 Å². The summed E-state index contributed by atoms with van der Waals surface area (Å²) in [7, 11) is 8.86. The van der Waals surface area contributed by atoms with Crippen molar-refractivity contribution < 1.29 is 233 Å². The van der Waals surface area contributed by atoms with Gasteiger partial charge in [0.2, 0.25) is 0 Å². The Balaban J connectivity index is -0.0000000594. The molecule has 0 heterocycles. The van der Waals surface area contributed by atoms with Crippen molar-refractivity contribution in [3.05, 3.63) is 79.9 Å². The Hall–Kier alpha value is -3.52. The third-order valence-corrected chi connectivity index (χ3v) is 8.83. The van der Waals surface area contributed by atoms with E-state index in [9.17, 15) is 43.2 Å². The molecule has 0 fully saturated rings. The first-order valence-corrected chi connectivity index (χ1v) is 24.6. The van der Waals surface area contributed by atoms with E-state index in [-0.39, 0.29) is 173 Å². The molecule has 87 heavy (non-hydrogen) atoms.